The second-order valence-electron chi connectivity index (χ2n) is 6.89. The Labute approximate surface area is 202 Å². The zero-order valence-electron chi connectivity index (χ0n) is 17.0. The number of fused-ring (bicyclic) bond motifs is 1. The molecule has 0 unspecified atom stereocenters. The van der Waals surface area contributed by atoms with Crippen molar-refractivity contribution < 1.29 is 19.1 Å². The van der Waals surface area contributed by atoms with Crippen molar-refractivity contribution in [3.8, 4) is 5.75 Å². The summed E-state index contributed by atoms with van der Waals surface area (Å²) in [6.07, 6.45) is -0.0290. The van der Waals surface area contributed by atoms with Crippen LogP contribution in [0.5, 0.6) is 5.75 Å². The van der Waals surface area contributed by atoms with Crippen LogP contribution in [0.3, 0.4) is 0 Å². The number of carbonyl (C=O) groups is 3. The highest BCUT2D eigenvalue weighted by molar-refractivity contribution is 9.11. The van der Waals surface area contributed by atoms with Crippen molar-refractivity contribution in [1.82, 2.24) is 16.2 Å². The summed E-state index contributed by atoms with van der Waals surface area (Å²) in [5.41, 5.74) is 5.54. The average Bonchev–Trinajstić information content (AvgIpc) is 2.80. The molecule has 0 saturated carbocycles. The van der Waals surface area contributed by atoms with E-state index in [0.717, 1.165) is 25.3 Å². The van der Waals surface area contributed by atoms with Crippen LogP contribution in [-0.4, -0.2) is 24.3 Å². The van der Waals surface area contributed by atoms with Crippen LogP contribution in [0.15, 0.2) is 69.6 Å². The number of nitrogens with one attached hydrogen (secondary N) is 3. The Balaban J connectivity index is 1.37. The predicted molar refractivity (Wildman–Crippen MR) is 129 cm³/mol. The molecule has 0 aromatic heterocycles. The molecule has 32 heavy (non-hydrogen) atoms. The molecule has 0 saturated heterocycles. The van der Waals surface area contributed by atoms with Gasteiger partial charge in [-0.25, -0.2) is 0 Å². The summed E-state index contributed by atoms with van der Waals surface area (Å²) in [5.74, 6) is -0.719. The van der Waals surface area contributed by atoms with Gasteiger partial charge < -0.3 is 10.1 Å². The topological polar surface area (TPSA) is 96.5 Å². The van der Waals surface area contributed by atoms with Crippen LogP contribution in [0, 0.1) is 0 Å². The van der Waals surface area contributed by atoms with E-state index in [1.807, 2.05) is 54.6 Å². The van der Waals surface area contributed by atoms with Crippen LogP contribution in [0.1, 0.15) is 18.4 Å². The molecule has 0 bridgehead atoms. The second-order valence-corrected chi connectivity index (χ2v) is 8.60. The van der Waals surface area contributed by atoms with Gasteiger partial charge in [0.25, 0.3) is 5.91 Å². The third kappa shape index (κ3) is 7.06. The zero-order chi connectivity index (χ0) is 22.9. The second kappa shape index (κ2) is 11.6. The minimum Gasteiger partial charge on any atom is -0.483 e. The summed E-state index contributed by atoms with van der Waals surface area (Å²) in [6, 6.07) is 19.0. The van der Waals surface area contributed by atoms with Gasteiger partial charge in [0, 0.05) is 23.9 Å². The van der Waals surface area contributed by atoms with Gasteiger partial charge in [0.05, 0.1) is 4.47 Å². The predicted octanol–water partition coefficient (Wildman–Crippen LogP) is 3.99. The highest BCUT2D eigenvalue weighted by Crippen LogP contribution is 2.34. The number of ether oxygens (including phenoxy) is 1. The van der Waals surface area contributed by atoms with Crippen molar-refractivity contribution in [3.63, 3.8) is 0 Å². The maximum atomic E-state index is 12.0. The molecule has 0 heterocycles. The van der Waals surface area contributed by atoms with Crippen LogP contribution < -0.4 is 20.9 Å². The lowest BCUT2D eigenvalue weighted by Gasteiger charge is -2.11. The summed E-state index contributed by atoms with van der Waals surface area (Å²) in [6.45, 7) is 0.120. The Morgan fingerprint density at radius 3 is 2.31 bits per heavy atom. The number of amides is 3. The van der Waals surface area contributed by atoms with Gasteiger partial charge in [-0.3, -0.25) is 25.2 Å². The van der Waals surface area contributed by atoms with Crippen LogP contribution in [-0.2, 0) is 20.9 Å². The van der Waals surface area contributed by atoms with Gasteiger partial charge in [-0.05, 0) is 50.5 Å². The fraction of sp³-hybridized carbons (Fsp3) is 0.174. The molecular weight excluding hydrogens is 542 g/mol. The van der Waals surface area contributed by atoms with Crippen molar-refractivity contribution in [1.29, 1.82) is 0 Å². The molecule has 3 aromatic carbocycles. The summed E-state index contributed by atoms with van der Waals surface area (Å²) >= 11 is 6.94. The molecule has 3 N–H and O–H groups in total. The van der Waals surface area contributed by atoms with Crippen molar-refractivity contribution in [2.45, 2.75) is 19.4 Å². The molecule has 3 amide bonds. The summed E-state index contributed by atoms with van der Waals surface area (Å²) < 4.78 is 7.26. The van der Waals surface area contributed by atoms with Crippen LogP contribution in [0.25, 0.3) is 10.8 Å². The monoisotopic (exact) mass is 561 g/mol. The molecule has 0 aliphatic rings. The Morgan fingerprint density at radius 2 is 1.53 bits per heavy atom. The Bertz CT molecular complexity index is 1120. The van der Waals surface area contributed by atoms with Gasteiger partial charge in [-0.2, -0.15) is 0 Å². The number of benzene rings is 3. The molecule has 7 nitrogen and oxygen atoms in total. The van der Waals surface area contributed by atoms with E-state index in [1.54, 1.807) is 6.07 Å². The number of hydrogen-bond donors (Lipinski definition) is 3. The highest BCUT2D eigenvalue weighted by atomic mass is 79.9. The van der Waals surface area contributed by atoms with Gasteiger partial charge in [0.2, 0.25) is 11.8 Å². The first kappa shape index (κ1) is 23.7. The molecule has 0 fully saturated rings. The zero-order valence-corrected chi connectivity index (χ0v) is 20.2. The van der Waals surface area contributed by atoms with Crippen molar-refractivity contribution in [2.24, 2.45) is 0 Å². The van der Waals surface area contributed by atoms with Crippen LogP contribution in [0.4, 0.5) is 0 Å². The molecule has 0 spiro atoms. The summed E-state index contributed by atoms with van der Waals surface area (Å²) in [5, 5.41) is 4.71. The fourth-order valence-corrected chi connectivity index (χ4v) is 3.83. The van der Waals surface area contributed by atoms with Crippen molar-refractivity contribution >= 4 is 60.4 Å². The van der Waals surface area contributed by atoms with Crippen molar-refractivity contribution in [3.05, 3.63) is 75.2 Å². The highest BCUT2D eigenvalue weighted by Gasteiger charge is 2.11. The van der Waals surface area contributed by atoms with Crippen LogP contribution in [0.2, 0.25) is 0 Å². The molecule has 3 rings (SSSR count). The van der Waals surface area contributed by atoms with Crippen molar-refractivity contribution in [2.75, 3.05) is 6.61 Å². The van der Waals surface area contributed by atoms with Gasteiger partial charge in [0.1, 0.15) is 5.75 Å². The largest absolute Gasteiger partial charge is 0.483 e. The number of halogens is 2. The normalized spacial score (nSPS) is 10.4. The quantitative estimate of drug-likeness (QED) is 0.362. The molecule has 0 radical (unpaired) electrons. The molecule has 3 aromatic rings. The SMILES string of the molecule is O=C(CCC(=O)NNC(=O)COc1ccc2cc(Br)ccc2c1Br)NCc1ccccc1. The number of carbonyl (C=O) groups excluding carboxylic acids is 3. The lowest BCUT2D eigenvalue weighted by atomic mass is 10.1. The maximum absolute atomic E-state index is 12.0. The Hall–Kier alpha value is -2.91. The summed E-state index contributed by atoms with van der Waals surface area (Å²) in [7, 11) is 0. The third-order valence-electron chi connectivity index (χ3n) is 4.49. The number of hydrazine groups is 1. The average molecular weight is 563 g/mol. The number of hydrogen-bond acceptors (Lipinski definition) is 4. The first-order valence-corrected chi connectivity index (χ1v) is 11.4. The van der Waals surface area contributed by atoms with Gasteiger partial charge in [0.15, 0.2) is 6.61 Å². The maximum Gasteiger partial charge on any atom is 0.276 e. The van der Waals surface area contributed by atoms with Gasteiger partial charge in [-0.1, -0.05) is 58.4 Å². The third-order valence-corrected chi connectivity index (χ3v) is 5.80. The Morgan fingerprint density at radius 1 is 0.812 bits per heavy atom. The van der Waals surface area contributed by atoms with Gasteiger partial charge in [-0.15, -0.1) is 0 Å². The molecular formula is C23H21Br2N3O4. The van der Waals surface area contributed by atoms with E-state index < -0.39 is 11.8 Å². The first-order chi connectivity index (χ1) is 15.4. The van der Waals surface area contributed by atoms with E-state index >= 15 is 0 Å². The molecule has 166 valence electrons. The minimum atomic E-state index is -0.519. The van der Waals surface area contributed by atoms with E-state index in [2.05, 4.69) is 48.0 Å². The van der Waals surface area contributed by atoms with E-state index in [0.29, 0.717) is 12.3 Å². The van der Waals surface area contributed by atoms with Crippen LogP contribution >= 0.6 is 31.9 Å². The lowest BCUT2D eigenvalue weighted by Crippen LogP contribution is -2.44. The molecule has 9 heteroatoms. The summed E-state index contributed by atoms with van der Waals surface area (Å²) in [4.78, 5) is 35.7. The molecule has 0 aliphatic heterocycles. The number of rotatable bonds is 8. The van der Waals surface area contributed by atoms with E-state index in [1.165, 1.54) is 0 Å². The van der Waals surface area contributed by atoms with E-state index in [4.69, 9.17) is 4.74 Å². The van der Waals surface area contributed by atoms with E-state index in [-0.39, 0.29) is 25.4 Å². The standard InChI is InChI=1S/C23H21Br2N3O4/c24-17-7-8-18-16(12-17)6-9-19(23(18)25)32-14-22(31)28-27-21(30)11-10-20(29)26-13-15-4-2-1-3-5-15/h1-9,12H,10-11,13-14H2,(H,26,29)(H,27,30)(H,28,31). The Kier molecular flexibility index (Phi) is 8.64. The van der Waals surface area contributed by atoms with Gasteiger partial charge >= 0.3 is 0 Å². The smallest absolute Gasteiger partial charge is 0.276 e. The fourth-order valence-electron chi connectivity index (χ4n) is 2.85. The first-order valence-electron chi connectivity index (χ1n) is 9.81. The molecule has 0 aliphatic carbocycles. The lowest BCUT2D eigenvalue weighted by molar-refractivity contribution is -0.131. The van der Waals surface area contributed by atoms with E-state index in [9.17, 15) is 14.4 Å². The minimum absolute atomic E-state index is 0.0190. The molecule has 0 atom stereocenters.